The van der Waals surface area contributed by atoms with Gasteiger partial charge in [0.1, 0.15) is 12.3 Å². The Kier molecular flexibility index (Phi) is 6.63. The zero-order chi connectivity index (χ0) is 20.9. The first-order valence-corrected chi connectivity index (χ1v) is 10.4. The molecule has 150 valence electrons. The monoisotopic (exact) mass is 405 g/mol. The lowest BCUT2D eigenvalue weighted by Crippen LogP contribution is -2.37. The van der Waals surface area contributed by atoms with Crippen molar-refractivity contribution in [2.75, 3.05) is 22.4 Å². The van der Waals surface area contributed by atoms with Gasteiger partial charge in [-0.1, -0.05) is 0 Å². The van der Waals surface area contributed by atoms with E-state index in [9.17, 15) is 18.0 Å². The van der Waals surface area contributed by atoms with Gasteiger partial charge >= 0.3 is 0 Å². The fourth-order valence-electron chi connectivity index (χ4n) is 2.41. The molecule has 0 atom stereocenters. The molecule has 0 radical (unpaired) electrons. The third-order valence-corrected chi connectivity index (χ3v) is 4.78. The molecular weight excluding hydrogens is 382 g/mol. The molecule has 8 nitrogen and oxygen atoms in total. The molecule has 2 aromatic carbocycles. The normalized spacial score (nSPS) is 11.1. The molecule has 0 fully saturated rings. The van der Waals surface area contributed by atoms with Gasteiger partial charge in [0, 0.05) is 11.3 Å². The summed E-state index contributed by atoms with van der Waals surface area (Å²) in [7, 11) is -3.69. The molecule has 0 bridgehead atoms. The average molecular weight is 405 g/mol. The van der Waals surface area contributed by atoms with Crippen LogP contribution in [0.4, 0.5) is 11.4 Å². The molecule has 2 amide bonds. The van der Waals surface area contributed by atoms with Crippen LogP contribution in [0.1, 0.15) is 24.2 Å². The van der Waals surface area contributed by atoms with Gasteiger partial charge in [-0.3, -0.25) is 13.9 Å². The van der Waals surface area contributed by atoms with E-state index in [4.69, 9.17) is 10.5 Å². The highest BCUT2D eigenvalue weighted by molar-refractivity contribution is 7.92. The fraction of sp³-hybridized carbons (Fsp3) is 0.263. The summed E-state index contributed by atoms with van der Waals surface area (Å²) in [5.74, 6) is -0.503. The number of hydrogen-bond donors (Lipinski definition) is 2. The van der Waals surface area contributed by atoms with E-state index in [1.165, 1.54) is 24.3 Å². The van der Waals surface area contributed by atoms with Gasteiger partial charge in [0.25, 0.3) is 0 Å². The Labute approximate surface area is 164 Å². The number of nitrogens with one attached hydrogen (secondary N) is 1. The minimum Gasteiger partial charge on any atom is -0.491 e. The zero-order valence-electron chi connectivity index (χ0n) is 15.9. The summed E-state index contributed by atoms with van der Waals surface area (Å²) in [4.78, 5) is 23.4. The Balaban J connectivity index is 2.13. The molecule has 0 saturated heterocycles. The maximum absolute atomic E-state index is 12.3. The lowest BCUT2D eigenvalue weighted by atomic mass is 10.2. The number of carbonyl (C=O) groups excluding carboxylic acids is 2. The van der Waals surface area contributed by atoms with Gasteiger partial charge in [-0.25, -0.2) is 8.42 Å². The molecule has 0 unspecified atom stereocenters. The van der Waals surface area contributed by atoms with E-state index < -0.39 is 28.4 Å². The third-order valence-electron chi connectivity index (χ3n) is 3.64. The summed E-state index contributed by atoms with van der Waals surface area (Å²) in [6.45, 7) is 3.37. The Morgan fingerprint density at radius 3 is 2.11 bits per heavy atom. The van der Waals surface area contributed by atoms with Crippen molar-refractivity contribution < 1.29 is 22.7 Å². The first-order chi connectivity index (χ1) is 13.1. The topological polar surface area (TPSA) is 119 Å². The lowest BCUT2D eigenvalue weighted by molar-refractivity contribution is -0.114. The van der Waals surface area contributed by atoms with Crippen molar-refractivity contribution in [3.05, 3.63) is 54.1 Å². The number of anilines is 2. The van der Waals surface area contributed by atoms with Crippen molar-refractivity contribution >= 4 is 33.2 Å². The number of nitrogens with zero attached hydrogens (tertiary/aromatic N) is 1. The van der Waals surface area contributed by atoms with E-state index in [1.807, 2.05) is 13.8 Å². The van der Waals surface area contributed by atoms with Crippen LogP contribution in [-0.4, -0.2) is 39.1 Å². The maximum atomic E-state index is 12.3. The summed E-state index contributed by atoms with van der Waals surface area (Å²) in [6.07, 6.45) is 1.02. The molecule has 0 aliphatic heterocycles. The molecule has 2 aromatic rings. The predicted octanol–water partition coefficient (Wildman–Crippen LogP) is 1.98. The van der Waals surface area contributed by atoms with Crippen molar-refractivity contribution in [3.8, 4) is 5.75 Å². The first kappa shape index (κ1) is 21.2. The molecule has 3 N–H and O–H groups in total. The van der Waals surface area contributed by atoms with Crippen molar-refractivity contribution in [3.63, 3.8) is 0 Å². The molecule has 2 rings (SSSR count). The van der Waals surface area contributed by atoms with Gasteiger partial charge < -0.3 is 15.8 Å². The summed E-state index contributed by atoms with van der Waals surface area (Å²) in [5, 5.41) is 2.60. The van der Waals surface area contributed by atoms with Crippen LogP contribution < -0.4 is 20.1 Å². The maximum Gasteiger partial charge on any atom is 0.248 e. The van der Waals surface area contributed by atoms with Crippen molar-refractivity contribution in [1.82, 2.24) is 0 Å². The summed E-state index contributed by atoms with van der Waals surface area (Å²) >= 11 is 0. The average Bonchev–Trinajstić information content (AvgIpc) is 2.59. The standard InChI is InChI=1S/C19H23N3O5S/c1-13(2)27-17-10-8-16(9-11-17)22(28(3,25)26)12-18(23)21-15-6-4-14(5-7-15)19(20)24/h4-11,13H,12H2,1-3H3,(H2,20,24)(H,21,23). The van der Waals surface area contributed by atoms with Crippen molar-refractivity contribution in [1.29, 1.82) is 0 Å². The van der Waals surface area contributed by atoms with Crippen LogP contribution in [-0.2, 0) is 14.8 Å². The van der Waals surface area contributed by atoms with Crippen molar-refractivity contribution in [2.45, 2.75) is 20.0 Å². The second-order valence-corrected chi connectivity index (χ2v) is 8.33. The zero-order valence-corrected chi connectivity index (χ0v) is 16.7. The van der Waals surface area contributed by atoms with E-state index in [1.54, 1.807) is 24.3 Å². The number of benzene rings is 2. The number of sulfonamides is 1. The van der Waals surface area contributed by atoms with Gasteiger partial charge in [-0.15, -0.1) is 0 Å². The second-order valence-electron chi connectivity index (χ2n) is 6.42. The summed E-state index contributed by atoms with van der Waals surface area (Å²) < 4.78 is 30.9. The highest BCUT2D eigenvalue weighted by Gasteiger charge is 2.21. The molecule has 9 heteroatoms. The number of ether oxygens (including phenoxy) is 1. The number of nitrogens with two attached hydrogens (primary N) is 1. The SMILES string of the molecule is CC(C)Oc1ccc(N(CC(=O)Nc2ccc(C(N)=O)cc2)S(C)(=O)=O)cc1. The number of hydrogen-bond acceptors (Lipinski definition) is 5. The van der Waals surface area contributed by atoms with E-state index >= 15 is 0 Å². The van der Waals surface area contributed by atoms with E-state index in [0.29, 0.717) is 22.7 Å². The largest absolute Gasteiger partial charge is 0.491 e. The van der Waals surface area contributed by atoms with Gasteiger partial charge in [-0.05, 0) is 62.4 Å². The quantitative estimate of drug-likeness (QED) is 0.696. The highest BCUT2D eigenvalue weighted by atomic mass is 32.2. The smallest absolute Gasteiger partial charge is 0.248 e. The molecule has 0 aliphatic rings. The van der Waals surface area contributed by atoms with E-state index in [-0.39, 0.29) is 6.10 Å². The van der Waals surface area contributed by atoms with Gasteiger partial charge in [0.2, 0.25) is 21.8 Å². The van der Waals surface area contributed by atoms with Gasteiger partial charge in [0.05, 0.1) is 18.0 Å². The van der Waals surface area contributed by atoms with E-state index in [0.717, 1.165) is 10.6 Å². The Morgan fingerprint density at radius 2 is 1.64 bits per heavy atom. The molecule has 0 saturated carbocycles. The van der Waals surface area contributed by atoms with Crippen LogP contribution in [0.25, 0.3) is 0 Å². The first-order valence-electron chi connectivity index (χ1n) is 8.50. The number of carbonyl (C=O) groups is 2. The Bertz CT molecular complexity index is 939. The predicted molar refractivity (Wildman–Crippen MR) is 108 cm³/mol. The van der Waals surface area contributed by atoms with Crippen LogP contribution >= 0.6 is 0 Å². The number of rotatable bonds is 8. The highest BCUT2D eigenvalue weighted by Crippen LogP contribution is 2.22. The lowest BCUT2D eigenvalue weighted by Gasteiger charge is -2.22. The van der Waals surface area contributed by atoms with E-state index in [2.05, 4.69) is 5.32 Å². The minimum atomic E-state index is -3.69. The molecule has 0 heterocycles. The molecule has 0 spiro atoms. The second kappa shape index (κ2) is 8.75. The molecule has 28 heavy (non-hydrogen) atoms. The van der Waals surface area contributed by atoms with Crippen LogP contribution in [0.5, 0.6) is 5.75 Å². The molecular formula is C19H23N3O5S. The summed E-state index contributed by atoms with van der Waals surface area (Å²) in [6, 6.07) is 12.4. The Hall–Kier alpha value is -3.07. The van der Waals surface area contributed by atoms with Crippen LogP contribution in [0, 0.1) is 0 Å². The van der Waals surface area contributed by atoms with Crippen molar-refractivity contribution in [2.24, 2.45) is 5.73 Å². The molecule has 0 aromatic heterocycles. The molecule has 0 aliphatic carbocycles. The minimum absolute atomic E-state index is 0.0106. The summed E-state index contributed by atoms with van der Waals surface area (Å²) in [5.41, 5.74) is 6.24. The van der Waals surface area contributed by atoms with Crippen LogP contribution in [0.15, 0.2) is 48.5 Å². The fourth-order valence-corrected chi connectivity index (χ4v) is 3.27. The van der Waals surface area contributed by atoms with Crippen LogP contribution in [0.3, 0.4) is 0 Å². The van der Waals surface area contributed by atoms with Gasteiger partial charge in [0.15, 0.2) is 0 Å². The van der Waals surface area contributed by atoms with Gasteiger partial charge in [-0.2, -0.15) is 0 Å². The Morgan fingerprint density at radius 1 is 1.07 bits per heavy atom. The van der Waals surface area contributed by atoms with Crippen LogP contribution in [0.2, 0.25) is 0 Å². The number of amides is 2. The third kappa shape index (κ3) is 5.98. The number of primary amides is 1.